The number of ether oxygens (including phenoxy) is 1. The summed E-state index contributed by atoms with van der Waals surface area (Å²) in [6, 6.07) is 13.6. The molecule has 0 heterocycles. The summed E-state index contributed by atoms with van der Waals surface area (Å²) >= 11 is 0. The fourth-order valence-corrected chi connectivity index (χ4v) is 4.34. The maximum Gasteiger partial charge on any atom is 0.573 e. The molecule has 0 aromatic heterocycles. The van der Waals surface area contributed by atoms with Gasteiger partial charge in [0.2, 0.25) is 0 Å². The standard InChI is InChI=1S/C28H25F5O/c1-2-3-4-5-18-6-13-24(26(29)14-18)21-8-7-20-16-25(27(30)17-22(20)15-21)19-9-11-23(12-10-19)34-28(31,32)33/h6,9-17H,2-5,7-8H2,1H3. The number of rotatable bonds is 7. The first-order valence-electron chi connectivity index (χ1n) is 11.4. The van der Waals surface area contributed by atoms with Gasteiger partial charge in [-0.1, -0.05) is 50.1 Å². The van der Waals surface area contributed by atoms with Crippen molar-refractivity contribution in [1.29, 1.82) is 0 Å². The van der Waals surface area contributed by atoms with Gasteiger partial charge in [-0.05, 0) is 83.8 Å². The Kier molecular flexibility index (Phi) is 7.05. The van der Waals surface area contributed by atoms with Gasteiger partial charge in [0.25, 0.3) is 0 Å². The molecule has 1 aliphatic rings. The molecular formula is C28H25F5O. The van der Waals surface area contributed by atoms with Gasteiger partial charge in [0.15, 0.2) is 0 Å². The van der Waals surface area contributed by atoms with Crippen LogP contribution in [0.5, 0.6) is 5.75 Å². The lowest BCUT2D eigenvalue weighted by molar-refractivity contribution is -0.274. The Morgan fingerprint density at radius 3 is 2.24 bits per heavy atom. The van der Waals surface area contributed by atoms with E-state index in [-0.39, 0.29) is 11.6 Å². The van der Waals surface area contributed by atoms with Crippen molar-refractivity contribution >= 4 is 11.6 Å². The van der Waals surface area contributed by atoms with Crippen LogP contribution >= 0.6 is 0 Å². The summed E-state index contributed by atoms with van der Waals surface area (Å²) in [4.78, 5) is 0. The minimum absolute atomic E-state index is 0.262. The van der Waals surface area contributed by atoms with Gasteiger partial charge in [-0.25, -0.2) is 8.78 Å². The summed E-state index contributed by atoms with van der Waals surface area (Å²) in [5.74, 6) is -1.12. The smallest absolute Gasteiger partial charge is 0.406 e. The lowest BCUT2D eigenvalue weighted by Gasteiger charge is -2.19. The third-order valence-electron chi connectivity index (χ3n) is 6.07. The number of unbranched alkanes of at least 4 members (excludes halogenated alkanes) is 2. The average molecular weight is 472 g/mol. The Labute approximate surface area is 195 Å². The Hall–Kier alpha value is -3.15. The van der Waals surface area contributed by atoms with E-state index in [1.807, 2.05) is 18.2 Å². The molecule has 0 radical (unpaired) electrons. The SMILES string of the molecule is CCCCCc1ccc(C2=Cc3cc(F)c(-c4ccc(OC(F)(F)F)cc4)cc3CC2)c(F)c1. The van der Waals surface area contributed by atoms with Crippen molar-refractivity contribution in [2.75, 3.05) is 0 Å². The first kappa shape index (κ1) is 24.0. The molecule has 0 atom stereocenters. The average Bonchev–Trinajstić information content (AvgIpc) is 2.78. The molecule has 0 saturated carbocycles. The van der Waals surface area contributed by atoms with Gasteiger partial charge in [0.05, 0.1) is 0 Å². The molecule has 0 unspecified atom stereocenters. The van der Waals surface area contributed by atoms with E-state index in [1.165, 1.54) is 18.2 Å². The number of hydrogen-bond acceptors (Lipinski definition) is 1. The second-order valence-corrected chi connectivity index (χ2v) is 8.54. The lowest BCUT2D eigenvalue weighted by Crippen LogP contribution is -2.16. The van der Waals surface area contributed by atoms with Gasteiger partial charge in [-0.2, -0.15) is 0 Å². The van der Waals surface area contributed by atoms with Crippen LogP contribution in [0.2, 0.25) is 0 Å². The largest absolute Gasteiger partial charge is 0.573 e. The van der Waals surface area contributed by atoms with Gasteiger partial charge in [0, 0.05) is 11.1 Å². The van der Waals surface area contributed by atoms with Crippen molar-refractivity contribution in [3.63, 3.8) is 0 Å². The van der Waals surface area contributed by atoms with E-state index in [0.29, 0.717) is 35.1 Å². The second-order valence-electron chi connectivity index (χ2n) is 8.54. The number of allylic oxidation sites excluding steroid dienone is 1. The maximum absolute atomic E-state index is 14.9. The van der Waals surface area contributed by atoms with Gasteiger partial charge in [-0.15, -0.1) is 13.2 Å². The summed E-state index contributed by atoms with van der Waals surface area (Å²) in [6.07, 6.45) is 2.38. The third-order valence-corrected chi connectivity index (χ3v) is 6.07. The monoisotopic (exact) mass is 472 g/mol. The molecule has 0 spiro atoms. The fraction of sp³-hybridized carbons (Fsp3) is 0.286. The number of alkyl halides is 3. The van der Waals surface area contributed by atoms with E-state index in [1.54, 1.807) is 12.1 Å². The normalized spacial score (nSPS) is 13.4. The molecule has 0 saturated heterocycles. The highest BCUT2D eigenvalue weighted by atomic mass is 19.4. The van der Waals surface area contributed by atoms with Crippen molar-refractivity contribution < 1.29 is 26.7 Å². The molecule has 34 heavy (non-hydrogen) atoms. The van der Waals surface area contributed by atoms with E-state index < -0.39 is 12.2 Å². The second kappa shape index (κ2) is 10.00. The molecule has 3 aromatic carbocycles. The number of benzene rings is 3. The highest BCUT2D eigenvalue weighted by molar-refractivity contribution is 5.85. The highest BCUT2D eigenvalue weighted by Gasteiger charge is 2.31. The molecule has 0 fully saturated rings. The zero-order valence-electron chi connectivity index (χ0n) is 18.8. The summed E-state index contributed by atoms with van der Waals surface area (Å²) < 4.78 is 70.7. The van der Waals surface area contributed by atoms with Crippen molar-refractivity contribution in [1.82, 2.24) is 0 Å². The first-order chi connectivity index (χ1) is 16.2. The van der Waals surface area contributed by atoms with Crippen LogP contribution in [0, 0.1) is 11.6 Å². The molecule has 1 nitrogen and oxygen atoms in total. The summed E-state index contributed by atoms with van der Waals surface area (Å²) in [7, 11) is 0. The van der Waals surface area contributed by atoms with Crippen LogP contribution in [0.25, 0.3) is 22.8 Å². The van der Waals surface area contributed by atoms with Crippen LogP contribution < -0.4 is 4.74 Å². The van der Waals surface area contributed by atoms with Crippen LogP contribution in [0.1, 0.15) is 54.9 Å². The van der Waals surface area contributed by atoms with E-state index in [2.05, 4.69) is 11.7 Å². The zero-order valence-corrected chi connectivity index (χ0v) is 18.8. The molecule has 0 N–H and O–H groups in total. The van der Waals surface area contributed by atoms with Crippen LogP contribution in [-0.2, 0) is 12.8 Å². The van der Waals surface area contributed by atoms with Crippen LogP contribution in [0.3, 0.4) is 0 Å². The predicted molar refractivity (Wildman–Crippen MR) is 124 cm³/mol. The molecule has 3 aromatic rings. The predicted octanol–water partition coefficient (Wildman–Crippen LogP) is 8.75. The third kappa shape index (κ3) is 5.66. The van der Waals surface area contributed by atoms with Crippen LogP contribution in [0.15, 0.2) is 54.6 Å². The van der Waals surface area contributed by atoms with E-state index >= 15 is 0 Å². The molecule has 0 bridgehead atoms. The van der Waals surface area contributed by atoms with Crippen molar-refractivity contribution in [3.8, 4) is 16.9 Å². The Balaban J connectivity index is 1.57. The first-order valence-corrected chi connectivity index (χ1v) is 11.4. The van der Waals surface area contributed by atoms with Crippen molar-refractivity contribution in [3.05, 3.63) is 88.5 Å². The van der Waals surface area contributed by atoms with Crippen LogP contribution in [0.4, 0.5) is 22.0 Å². The topological polar surface area (TPSA) is 9.23 Å². The molecule has 1 aliphatic carbocycles. The maximum atomic E-state index is 14.9. The summed E-state index contributed by atoms with van der Waals surface area (Å²) in [5.41, 5.74) is 4.69. The van der Waals surface area contributed by atoms with E-state index in [4.69, 9.17) is 0 Å². The van der Waals surface area contributed by atoms with E-state index in [9.17, 15) is 22.0 Å². The van der Waals surface area contributed by atoms with Crippen molar-refractivity contribution in [2.45, 2.75) is 51.8 Å². The minimum atomic E-state index is -4.78. The molecule has 0 aliphatic heterocycles. The fourth-order valence-electron chi connectivity index (χ4n) is 4.34. The molecule has 6 heteroatoms. The number of hydrogen-bond donors (Lipinski definition) is 0. The quantitative estimate of drug-likeness (QED) is 0.247. The van der Waals surface area contributed by atoms with Crippen molar-refractivity contribution in [2.24, 2.45) is 0 Å². The Bertz CT molecular complexity index is 1190. The molecular weight excluding hydrogens is 447 g/mol. The molecule has 4 rings (SSSR count). The van der Waals surface area contributed by atoms with Gasteiger partial charge in [0.1, 0.15) is 17.4 Å². The zero-order chi connectivity index (χ0) is 24.3. The number of fused-ring (bicyclic) bond motifs is 1. The molecule has 178 valence electrons. The number of halogens is 5. The Morgan fingerprint density at radius 1 is 0.824 bits per heavy atom. The van der Waals surface area contributed by atoms with Gasteiger partial charge < -0.3 is 4.74 Å². The Morgan fingerprint density at radius 2 is 1.56 bits per heavy atom. The van der Waals surface area contributed by atoms with Gasteiger partial charge in [-0.3, -0.25) is 0 Å². The highest BCUT2D eigenvalue weighted by Crippen LogP contribution is 2.36. The minimum Gasteiger partial charge on any atom is -0.406 e. The van der Waals surface area contributed by atoms with Gasteiger partial charge >= 0.3 is 6.36 Å². The summed E-state index contributed by atoms with van der Waals surface area (Å²) in [5, 5.41) is 0. The van der Waals surface area contributed by atoms with Crippen LogP contribution in [-0.4, -0.2) is 6.36 Å². The summed E-state index contributed by atoms with van der Waals surface area (Å²) in [6.45, 7) is 2.13. The number of aryl methyl sites for hydroxylation is 2. The van der Waals surface area contributed by atoms with E-state index in [0.717, 1.165) is 54.5 Å². The molecule has 0 amide bonds. The lowest BCUT2D eigenvalue weighted by atomic mass is 9.86.